The molecule has 0 fully saturated rings. The molecule has 0 radical (unpaired) electrons. The monoisotopic (exact) mass is 160 g/mol. The Hall–Kier alpha value is -0.190. The predicted molar refractivity (Wildman–Crippen MR) is 42.8 cm³/mol. The third-order valence-corrected chi connectivity index (χ3v) is 2.07. The first-order valence-corrected chi connectivity index (χ1v) is 4.98. The second-order valence-electron chi connectivity index (χ2n) is 2.22. The van der Waals surface area contributed by atoms with Crippen molar-refractivity contribution in [1.29, 1.82) is 0 Å². The third-order valence-electron chi connectivity index (χ3n) is 1.32. The van der Waals surface area contributed by atoms with Crippen LogP contribution in [-0.2, 0) is 11.2 Å². The average Bonchev–Trinajstić information content (AvgIpc) is 2.34. The van der Waals surface area contributed by atoms with Crippen molar-refractivity contribution in [1.82, 2.24) is 10.4 Å². The summed E-state index contributed by atoms with van der Waals surface area (Å²) in [5.74, 6) is 0.733. The van der Waals surface area contributed by atoms with Gasteiger partial charge in [-0.25, -0.2) is 5.43 Å². The Morgan fingerprint density at radius 3 is 3.10 bits per heavy atom. The highest BCUT2D eigenvalue weighted by Crippen LogP contribution is 1.93. The second-order valence-corrected chi connectivity index (χ2v) is 3.77. The molecule has 1 rings (SSSR count). The number of hydrogen-bond acceptors (Lipinski definition) is 3. The molecule has 1 atom stereocenters. The van der Waals surface area contributed by atoms with Crippen molar-refractivity contribution >= 4 is 11.2 Å². The zero-order chi connectivity index (χ0) is 7.40. The largest absolute Gasteiger partial charge is 0.617 e. The number of hydrogen-bond donors (Lipinski definition) is 1. The lowest BCUT2D eigenvalue weighted by atomic mass is 10.6. The summed E-state index contributed by atoms with van der Waals surface area (Å²) in [5, 5.41) is 1.96. The van der Waals surface area contributed by atoms with Gasteiger partial charge in [-0.3, -0.25) is 0 Å². The Morgan fingerprint density at radius 1 is 1.80 bits per heavy atom. The number of rotatable bonds is 3. The van der Waals surface area contributed by atoms with Gasteiger partial charge in [-0.05, 0) is 0 Å². The zero-order valence-corrected chi connectivity index (χ0v) is 6.86. The van der Waals surface area contributed by atoms with Crippen molar-refractivity contribution in [2.45, 2.75) is 0 Å². The van der Waals surface area contributed by atoms with Gasteiger partial charge in [0.25, 0.3) is 0 Å². The average molecular weight is 160 g/mol. The molecule has 0 amide bonds. The highest BCUT2D eigenvalue weighted by molar-refractivity contribution is 7.90. The van der Waals surface area contributed by atoms with E-state index >= 15 is 0 Å². The lowest BCUT2D eigenvalue weighted by Crippen LogP contribution is -2.32. The molecule has 0 saturated carbocycles. The zero-order valence-electron chi connectivity index (χ0n) is 6.04. The molecule has 1 N–H and O–H groups in total. The molecule has 1 aliphatic rings. The van der Waals surface area contributed by atoms with Crippen molar-refractivity contribution in [2.75, 3.05) is 25.1 Å². The minimum atomic E-state index is -0.677. The lowest BCUT2D eigenvalue weighted by Gasteiger charge is -2.15. The summed E-state index contributed by atoms with van der Waals surface area (Å²) >= 11 is -0.677. The molecule has 0 aromatic rings. The van der Waals surface area contributed by atoms with Crippen molar-refractivity contribution in [3.63, 3.8) is 0 Å². The fourth-order valence-corrected chi connectivity index (χ4v) is 1.24. The van der Waals surface area contributed by atoms with E-state index in [0.29, 0.717) is 0 Å². The van der Waals surface area contributed by atoms with Crippen LogP contribution in [0, 0.1) is 0 Å². The Labute approximate surface area is 64.2 Å². The molecule has 1 heterocycles. The van der Waals surface area contributed by atoms with Crippen LogP contribution in [0.4, 0.5) is 0 Å². The highest BCUT2D eigenvalue weighted by Gasteiger charge is 2.05. The van der Waals surface area contributed by atoms with E-state index in [2.05, 4.69) is 5.43 Å². The van der Waals surface area contributed by atoms with Gasteiger partial charge in [0.15, 0.2) is 0 Å². The van der Waals surface area contributed by atoms with Crippen molar-refractivity contribution in [2.24, 2.45) is 0 Å². The van der Waals surface area contributed by atoms with Gasteiger partial charge in [0, 0.05) is 12.7 Å². The van der Waals surface area contributed by atoms with Crippen LogP contribution in [0.15, 0.2) is 12.3 Å². The summed E-state index contributed by atoms with van der Waals surface area (Å²) in [6, 6.07) is 0. The van der Waals surface area contributed by atoms with Gasteiger partial charge in [0.2, 0.25) is 0 Å². The maximum absolute atomic E-state index is 10.6. The molecule has 3 nitrogen and oxygen atoms in total. The van der Waals surface area contributed by atoms with Crippen LogP contribution in [0.25, 0.3) is 0 Å². The van der Waals surface area contributed by atoms with Crippen LogP contribution in [-0.4, -0.2) is 34.7 Å². The first kappa shape index (κ1) is 7.91. The van der Waals surface area contributed by atoms with Gasteiger partial charge in [0.05, 0.1) is 12.8 Å². The highest BCUT2D eigenvalue weighted by atomic mass is 32.2. The SMILES string of the molecule is C[S+]([O-])CCN1C=CCN1. The molecule has 1 unspecified atom stereocenters. The van der Waals surface area contributed by atoms with E-state index in [4.69, 9.17) is 0 Å². The van der Waals surface area contributed by atoms with E-state index in [9.17, 15) is 4.55 Å². The molecule has 0 aliphatic carbocycles. The Morgan fingerprint density at radius 2 is 2.60 bits per heavy atom. The molecule has 0 aromatic carbocycles. The van der Waals surface area contributed by atoms with Crippen LogP contribution in [0.1, 0.15) is 0 Å². The first-order valence-electron chi connectivity index (χ1n) is 3.26. The normalized spacial score (nSPS) is 20.0. The molecular weight excluding hydrogens is 148 g/mol. The van der Waals surface area contributed by atoms with E-state index in [1.807, 2.05) is 17.3 Å². The fraction of sp³-hybridized carbons (Fsp3) is 0.667. The van der Waals surface area contributed by atoms with Crippen LogP contribution >= 0.6 is 0 Å². The summed E-state index contributed by atoms with van der Waals surface area (Å²) in [5.41, 5.74) is 3.10. The molecule has 0 saturated heterocycles. The van der Waals surface area contributed by atoms with Gasteiger partial charge in [-0.15, -0.1) is 0 Å². The summed E-state index contributed by atoms with van der Waals surface area (Å²) in [4.78, 5) is 0. The summed E-state index contributed by atoms with van der Waals surface area (Å²) in [7, 11) is 0. The predicted octanol–water partition coefficient (Wildman–Crippen LogP) is -0.301. The van der Waals surface area contributed by atoms with Crippen LogP contribution in [0.5, 0.6) is 0 Å². The Bertz CT molecular complexity index is 127. The number of nitrogens with one attached hydrogen (secondary N) is 1. The Balaban J connectivity index is 2.08. The molecule has 0 spiro atoms. The summed E-state index contributed by atoms with van der Waals surface area (Å²) in [6.45, 7) is 1.73. The summed E-state index contributed by atoms with van der Waals surface area (Å²) < 4.78 is 10.6. The molecule has 58 valence electrons. The van der Waals surface area contributed by atoms with Crippen LogP contribution in [0.2, 0.25) is 0 Å². The number of nitrogens with zero attached hydrogens (tertiary/aromatic N) is 1. The van der Waals surface area contributed by atoms with Gasteiger partial charge < -0.3 is 9.56 Å². The van der Waals surface area contributed by atoms with E-state index in [1.54, 1.807) is 6.26 Å². The molecule has 0 aromatic heterocycles. The van der Waals surface area contributed by atoms with Crippen molar-refractivity contribution < 1.29 is 4.55 Å². The molecule has 10 heavy (non-hydrogen) atoms. The van der Waals surface area contributed by atoms with Crippen LogP contribution < -0.4 is 5.43 Å². The topological polar surface area (TPSA) is 38.3 Å². The smallest absolute Gasteiger partial charge is 0.124 e. The van der Waals surface area contributed by atoms with Crippen LogP contribution in [0.3, 0.4) is 0 Å². The Kier molecular flexibility index (Phi) is 3.05. The minimum absolute atomic E-state index is 0.677. The van der Waals surface area contributed by atoms with E-state index in [-0.39, 0.29) is 0 Å². The lowest BCUT2D eigenvalue weighted by molar-refractivity contribution is 0.324. The third kappa shape index (κ3) is 2.60. The van der Waals surface area contributed by atoms with E-state index in [1.165, 1.54) is 0 Å². The van der Waals surface area contributed by atoms with E-state index in [0.717, 1.165) is 18.8 Å². The summed E-state index contributed by atoms with van der Waals surface area (Å²) in [6.07, 6.45) is 5.74. The molecular formula is C6H12N2OS. The molecule has 0 bridgehead atoms. The maximum Gasteiger partial charge on any atom is 0.124 e. The molecule has 4 heteroatoms. The molecule has 1 aliphatic heterocycles. The standard InChI is InChI=1S/C6H12N2OS/c1-10(9)6-5-8-4-2-3-7-8/h2,4,7H,3,5-6H2,1H3. The minimum Gasteiger partial charge on any atom is -0.617 e. The first-order chi connectivity index (χ1) is 4.79. The van der Waals surface area contributed by atoms with Gasteiger partial charge in [0.1, 0.15) is 5.75 Å². The number of hydrazine groups is 1. The quantitative estimate of drug-likeness (QED) is 0.576. The second kappa shape index (κ2) is 3.85. The van der Waals surface area contributed by atoms with Gasteiger partial charge >= 0.3 is 0 Å². The fourth-order valence-electron chi connectivity index (χ4n) is 0.783. The van der Waals surface area contributed by atoms with E-state index < -0.39 is 11.2 Å². The maximum atomic E-state index is 10.6. The van der Waals surface area contributed by atoms with Crippen molar-refractivity contribution in [3.8, 4) is 0 Å². The van der Waals surface area contributed by atoms with Crippen molar-refractivity contribution in [3.05, 3.63) is 12.3 Å². The van der Waals surface area contributed by atoms with Gasteiger partial charge in [-0.2, -0.15) is 0 Å². The van der Waals surface area contributed by atoms with Gasteiger partial charge in [-0.1, -0.05) is 17.3 Å².